The molecule has 0 aromatic heterocycles. The smallest absolute Gasteiger partial charge is 0.341 e. The van der Waals surface area contributed by atoms with Crippen LogP contribution in [-0.2, 0) is 4.74 Å². The van der Waals surface area contributed by atoms with Crippen molar-refractivity contribution in [1.29, 1.82) is 0 Å². The van der Waals surface area contributed by atoms with Crippen molar-refractivity contribution in [2.75, 3.05) is 12.8 Å². The molecule has 0 aliphatic carbocycles. The molecule has 0 bridgehead atoms. The molecule has 0 unspecified atom stereocenters. The summed E-state index contributed by atoms with van der Waals surface area (Å²) in [5.41, 5.74) is 6.59. The molecule has 3 nitrogen and oxygen atoms in total. The molecule has 1 rings (SSSR count). The number of halogens is 2. The van der Waals surface area contributed by atoms with Gasteiger partial charge in [0.25, 0.3) is 0 Å². The number of methoxy groups -OCH3 is 1. The summed E-state index contributed by atoms with van der Waals surface area (Å²) in [7, 11) is 1.27. The van der Waals surface area contributed by atoms with Gasteiger partial charge in [0.1, 0.15) is 5.56 Å². The molecule has 0 saturated carbocycles. The molecule has 0 amide bonds. The Morgan fingerprint density at radius 1 is 1.50 bits per heavy atom. The zero-order chi connectivity index (χ0) is 10.9. The molecule has 0 aliphatic heterocycles. The van der Waals surface area contributed by atoms with Gasteiger partial charge in [-0.1, -0.05) is 23.2 Å². The second kappa shape index (κ2) is 4.07. The van der Waals surface area contributed by atoms with Gasteiger partial charge in [0, 0.05) is 10.7 Å². The van der Waals surface area contributed by atoms with E-state index >= 15 is 0 Å². The summed E-state index contributed by atoms with van der Waals surface area (Å²) in [5, 5.41) is 0.669. The first kappa shape index (κ1) is 11.1. The average molecular weight is 234 g/mol. The zero-order valence-electron chi connectivity index (χ0n) is 7.73. The molecule has 0 aliphatic rings. The Morgan fingerprint density at radius 3 is 2.57 bits per heavy atom. The van der Waals surface area contributed by atoms with Crippen molar-refractivity contribution < 1.29 is 9.53 Å². The fourth-order valence-electron chi connectivity index (χ4n) is 1.05. The molecule has 2 N–H and O–H groups in total. The molecule has 1 aromatic rings. The minimum Gasteiger partial charge on any atom is -0.465 e. The summed E-state index contributed by atoms with van der Waals surface area (Å²) in [6.07, 6.45) is 0. The molecule has 0 atom stereocenters. The zero-order valence-corrected chi connectivity index (χ0v) is 9.24. The van der Waals surface area contributed by atoms with E-state index in [-0.39, 0.29) is 16.3 Å². The van der Waals surface area contributed by atoms with Gasteiger partial charge in [0.05, 0.1) is 12.1 Å². The van der Waals surface area contributed by atoms with Gasteiger partial charge in [-0.25, -0.2) is 4.79 Å². The lowest BCUT2D eigenvalue weighted by molar-refractivity contribution is 0.0602. The maximum Gasteiger partial charge on any atom is 0.341 e. The minimum atomic E-state index is -0.563. The third kappa shape index (κ3) is 1.79. The van der Waals surface area contributed by atoms with Gasteiger partial charge >= 0.3 is 5.97 Å². The van der Waals surface area contributed by atoms with Crippen LogP contribution in [0.5, 0.6) is 0 Å². The molecule has 5 heteroatoms. The molecule has 0 fully saturated rings. The largest absolute Gasteiger partial charge is 0.465 e. The van der Waals surface area contributed by atoms with E-state index in [1.54, 1.807) is 6.92 Å². The number of hydrogen-bond acceptors (Lipinski definition) is 3. The van der Waals surface area contributed by atoms with E-state index in [2.05, 4.69) is 4.74 Å². The van der Waals surface area contributed by atoms with Crippen LogP contribution in [0, 0.1) is 6.92 Å². The van der Waals surface area contributed by atoms with E-state index in [9.17, 15) is 4.79 Å². The van der Waals surface area contributed by atoms with Gasteiger partial charge in [-0.2, -0.15) is 0 Å². The predicted octanol–water partition coefficient (Wildman–Crippen LogP) is 2.67. The summed E-state index contributed by atoms with van der Waals surface area (Å²) < 4.78 is 4.55. The number of nitrogen functional groups attached to an aromatic ring is 1. The SMILES string of the molecule is COC(=O)c1c(N)cc(Cl)c(C)c1Cl. The van der Waals surface area contributed by atoms with Crippen LogP contribution < -0.4 is 5.73 Å². The Bertz CT molecular complexity index is 391. The van der Waals surface area contributed by atoms with Gasteiger partial charge in [-0.05, 0) is 18.6 Å². The monoisotopic (exact) mass is 233 g/mol. The first-order valence-electron chi connectivity index (χ1n) is 3.81. The third-order valence-electron chi connectivity index (χ3n) is 1.87. The molecular weight excluding hydrogens is 225 g/mol. The van der Waals surface area contributed by atoms with E-state index in [1.807, 2.05) is 0 Å². The summed E-state index contributed by atoms with van der Waals surface area (Å²) >= 11 is 11.7. The van der Waals surface area contributed by atoms with Crippen molar-refractivity contribution in [1.82, 2.24) is 0 Å². The number of hydrogen-bond donors (Lipinski definition) is 1. The van der Waals surface area contributed by atoms with Crippen molar-refractivity contribution >= 4 is 34.9 Å². The van der Waals surface area contributed by atoms with Crippen molar-refractivity contribution in [3.63, 3.8) is 0 Å². The highest BCUT2D eigenvalue weighted by atomic mass is 35.5. The fraction of sp³-hybridized carbons (Fsp3) is 0.222. The van der Waals surface area contributed by atoms with Crippen molar-refractivity contribution in [3.05, 3.63) is 27.2 Å². The molecule has 0 spiro atoms. The van der Waals surface area contributed by atoms with Crippen LogP contribution in [0.4, 0.5) is 5.69 Å². The number of rotatable bonds is 1. The summed E-state index contributed by atoms with van der Waals surface area (Å²) in [6.45, 7) is 1.70. The highest BCUT2D eigenvalue weighted by molar-refractivity contribution is 6.38. The van der Waals surface area contributed by atoms with Crippen LogP contribution in [-0.4, -0.2) is 13.1 Å². The molecule has 14 heavy (non-hydrogen) atoms. The highest BCUT2D eigenvalue weighted by Gasteiger charge is 2.18. The van der Waals surface area contributed by atoms with Crippen LogP contribution in [0.2, 0.25) is 10.0 Å². The lowest BCUT2D eigenvalue weighted by atomic mass is 10.1. The summed E-state index contributed by atoms with van der Waals surface area (Å²) in [4.78, 5) is 11.3. The lowest BCUT2D eigenvalue weighted by Gasteiger charge is -2.09. The quantitative estimate of drug-likeness (QED) is 0.600. The first-order valence-corrected chi connectivity index (χ1v) is 4.57. The number of benzene rings is 1. The molecular formula is C9H9Cl2NO2. The van der Waals surface area contributed by atoms with Crippen LogP contribution in [0.3, 0.4) is 0 Å². The number of nitrogens with two attached hydrogens (primary N) is 1. The van der Waals surface area contributed by atoms with E-state index in [0.717, 1.165) is 0 Å². The lowest BCUT2D eigenvalue weighted by Crippen LogP contribution is -2.07. The summed E-state index contributed by atoms with van der Waals surface area (Å²) in [6, 6.07) is 1.48. The van der Waals surface area contributed by atoms with Crippen molar-refractivity contribution in [3.8, 4) is 0 Å². The second-order valence-corrected chi connectivity index (χ2v) is 3.54. The molecule has 0 saturated heterocycles. The Morgan fingerprint density at radius 2 is 2.07 bits per heavy atom. The molecule has 1 aromatic carbocycles. The maximum atomic E-state index is 11.3. The fourth-order valence-corrected chi connectivity index (χ4v) is 1.59. The molecule has 76 valence electrons. The van der Waals surface area contributed by atoms with Crippen LogP contribution in [0.15, 0.2) is 6.07 Å². The number of anilines is 1. The number of carbonyl (C=O) groups is 1. The van der Waals surface area contributed by atoms with E-state index in [4.69, 9.17) is 28.9 Å². The van der Waals surface area contributed by atoms with E-state index in [1.165, 1.54) is 13.2 Å². The number of ether oxygens (including phenoxy) is 1. The Kier molecular flexibility index (Phi) is 3.24. The third-order valence-corrected chi connectivity index (χ3v) is 2.73. The first-order chi connectivity index (χ1) is 6.49. The van der Waals surface area contributed by atoms with Crippen molar-refractivity contribution in [2.45, 2.75) is 6.92 Å². The van der Waals surface area contributed by atoms with Crippen LogP contribution >= 0.6 is 23.2 Å². The van der Waals surface area contributed by atoms with Gasteiger partial charge < -0.3 is 10.5 Å². The predicted molar refractivity (Wildman–Crippen MR) is 57.0 cm³/mol. The van der Waals surface area contributed by atoms with Crippen molar-refractivity contribution in [2.24, 2.45) is 0 Å². The van der Waals surface area contributed by atoms with E-state index in [0.29, 0.717) is 10.6 Å². The van der Waals surface area contributed by atoms with Crippen LogP contribution in [0.25, 0.3) is 0 Å². The maximum absolute atomic E-state index is 11.3. The highest BCUT2D eigenvalue weighted by Crippen LogP contribution is 2.32. The standard InChI is InChI=1S/C9H9Cl2NO2/c1-4-5(10)3-6(12)7(8(4)11)9(13)14-2/h3H,12H2,1-2H3. The van der Waals surface area contributed by atoms with Gasteiger partial charge in [0.2, 0.25) is 0 Å². The molecule has 0 heterocycles. The van der Waals surface area contributed by atoms with Gasteiger partial charge in [-0.3, -0.25) is 0 Å². The number of carbonyl (C=O) groups excluding carboxylic acids is 1. The normalized spacial score (nSPS) is 10.0. The Labute approximate surface area is 91.7 Å². The Hall–Kier alpha value is -0.930. The topological polar surface area (TPSA) is 52.3 Å². The second-order valence-electron chi connectivity index (χ2n) is 2.75. The Balaban J connectivity index is 3.44. The number of esters is 1. The van der Waals surface area contributed by atoms with Crippen LogP contribution in [0.1, 0.15) is 15.9 Å². The van der Waals surface area contributed by atoms with Gasteiger partial charge in [0.15, 0.2) is 0 Å². The van der Waals surface area contributed by atoms with Gasteiger partial charge in [-0.15, -0.1) is 0 Å². The minimum absolute atomic E-state index is 0.163. The molecule has 0 radical (unpaired) electrons. The average Bonchev–Trinajstić information content (AvgIpc) is 2.14. The summed E-state index contributed by atoms with van der Waals surface area (Å²) in [5.74, 6) is -0.563. The van der Waals surface area contributed by atoms with E-state index < -0.39 is 5.97 Å².